The van der Waals surface area contributed by atoms with Crippen molar-refractivity contribution in [3.8, 4) is 0 Å². The fourth-order valence-corrected chi connectivity index (χ4v) is 5.94. The first-order valence-corrected chi connectivity index (χ1v) is 15.1. The molecular weight excluding hydrogens is 593 g/mol. The minimum atomic E-state index is -1.35. The smallest absolute Gasteiger partial charge is 0.274 e. The van der Waals surface area contributed by atoms with Crippen molar-refractivity contribution < 1.29 is 14.0 Å². The molecule has 2 aliphatic rings. The molecule has 5 rings (SSSR count). The van der Waals surface area contributed by atoms with E-state index in [1.807, 2.05) is 19.1 Å². The van der Waals surface area contributed by atoms with Crippen LogP contribution in [0.2, 0.25) is 5.02 Å². The molecule has 1 aliphatic carbocycles. The summed E-state index contributed by atoms with van der Waals surface area (Å²) >= 11 is 6.33. The molecular formula is C30H32ClFN6O2P2. The highest BCUT2D eigenvalue weighted by Crippen LogP contribution is 2.47. The van der Waals surface area contributed by atoms with Gasteiger partial charge in [0, 0.05) is 35.4 Å². The van der Waals surface area contributed by atoms with Crippen LogP contribution >= 0.6 is 30.1 Å². The van der Waals surface area contributed by atoms with Gasteiger partial charge in [0.2, 0.25) is 5.91 Å². The zero-order valence-corrected chi connectivity index (χ0v) is 26.6. The highest BCUT2D eigenvalue weighted by Gasteiger charge is 2.52. The molecule has 218 valence electrons. The standard InChI is InChI=1S/C30H32ClFN6O2P2/c1-5-23(25-20(28(32)42)7-8-22(31)27(25)41)36-26(15(2)3)29(39)35-19-12-34-38(14-19)16(4)17-6-9-24(33-11-17)37-13-18-10-21(18)30(37)40/h5-9,11-12,14,16,18,21,28H,2,10,13,41-42H2,1,3-4H3,(H,35,39)/b23-5-,36-26+. The largest absolute Gasteiger partial charge is 0.318 e. The van der Waals surface area contributed by atoms with Crippen molar-refractivity contribution in [2.24, 2.45) is 16.8 Å². The summed E-state index contributed by atoms with van der Waals surface area (Å²) in [4.78, 5) is 36.6. The number of allylic oxidation sites excluding steroid dienone is 1. The Morgan fingerprint density at radius 3 is 2.67 bits per heavy atom. The van der Waals surface area contributed by atoms with Crippen molar-refractivity contribution in [1.82, 2.24) is 14.8 Å². The van der Waals surface area contributed by atoms with Crippen molar-refractivity contribution >= 4 is 70.1 Å². The SMILES string of the molecule is C=C(C)/C(=N\C(=C/C)c1c(C(F)P)ccc(Cl)c1P)C(=O)Nc1cnn(C(C)c2ccc(N3CC4CC4C3=O)nc2)c1. The monoisotopic (exact) mass is 624 g/mol. The number of hydrogen-bond donors (Lipinski definition) is 1. The van der Waals surface area contributed by atoms with Crippen LogP contribution < -0.4 is 15.5 Å². The van der Waals surface area contributed by atoms with E-state index in [9.17, 15) is 14.0 Å². The van der Waals surface area contributed by atoms with Crippen LogP contribution in [0.5, 0.6) is 0 Å². The Kier molecular flexibility index (Phi) is 8.75. The number of amides is 2. The molecule has 42 heavy (non-hydrogen) atoms. The minimum absolute atomic E-state index is 0.0901. The second-order valence-electron chi connectivity index (χ2n) is 10.6. The number of carbonyl (C=O) groups excluding carboxylic acids is 2. The van der Waals surface area contributed by atoms with Crippen molar-refractivity contribution in [3.63, 3.8) is 0 Å². The summed E-state index contributed by atoms with van der Waals surface area (Å²) in [5, 5.41) is 8.29. The number of rotatable bonds is 9. The summed E-state index contributed by atoms with van der Waals surface area (Å²) in [7, 11) is 4.66. The number of hydrogen-bond acceptors (Lipinski definition) is 5. The van der Waals surface area contributed by atoms with Gasteiger partial charge in [-0.15, -0.1) is 9.24 Å². The number of carbonyl (C=O) groups is 2. The minimum Gasteiger partial charge on any atom is -0.318 e. The molecule has 6 atom stereocenters. The summed E-state index contributed by atoms with van der Waals surface area (Å²) in [5.74, 6) is -0.342. The number of nitrogens with zero attached hydrogens (tertiary/aromatic N) is 5. The topological polar surface area (TPSA) is 92.5 Å². The van der Waals surface area contributed by atoms with E-state index >= 15 is 0 Å². The van der Waals surface area contributed by atoms with Gasteiger partial charge in [0.05, 0.1) is 23.6 Å². The molecule has 2 aromatic heterocycles. The van der Waals surface area contributed by atoms with Gasteiger partial charge in [-0.1, -0.05) is 45.6 Å². The van der Waals surface area contributed by atoms with E-state index in [4.69, 9.17) is 11.6 Å². The summed E-state index contributed by atoms with van der Waals surface area (Å²) in [5.41, 5.74) is 3.17. The highest BCUT2D eigenvalue weighted by atomic mass is 35.5. The zero-order valence-electron chi connectivity index (χ0n) is 23.5. The first-order chi connectivity index (χ1) is 20.0. The van der Waals surface area contributed by atoms with Gasteiger partial charge in [-0.05, 0) is 67.2 Å². The lowest BCUT2D eigenvalue weighted by atomic mass is 10.0. The second-order valence-corrected chi connectivity index (χ2v) is 12.2. The number of fused-ring (bicyclic) bond motifs is 1. The van der Waals surface area contributed by atoms with Crippen LogP contribution in [0.1, 0.15) is 55.8 Å². The molecule has 6 unspecified atom stereocenters. The molecule has 2 fully saturated rings. The molecule has 0 spiro atoms. The van der Waals surface area contributed by atoms with Crippen molar-refractivity contribution in [1.29, 1.82) is 0 Å². The van der Waals surface area contributed by atoms with Crippen LogP contribution in [0, 0.1) is 11.8 Å². The molecule has 0 bridgehead atoms. The maximum atomic E-state index is 14.5. The van der Waals surface area contributed by atoms with Gasteiger partial charge in [-0.3, -0.25) is 19.2 Å². The van der Waals surface area contributed by atoms with Gasteiger partial charge in [-0.2, -0.15) is 5.10 Å². The number of piperidine rings is 1. The number of anilines is 2. The van der Waals surface area contributed by atoms with Gasteiger partial charge < -0.3 is 5.32 Å². The number of pyridine rings is 1. The van der Waals surface area contributed by atoms with Crippen LogP contribution in [0.25, 0.3) is 5.70 Å². The van der Waals surface area contributed by atoms with Gasteiger partial charge >= 0.3 is 0 Å². The maximum Gasteiger partial charge on any atom is 0.274 e. The predicted molar refractivity (Wildman–Crippen MR) is 173 cm³/mol. The third-order valence-corrected chi connectivity index (χ3v) is 9.08. The molecule has 8 nitrogen and oxygen atoms in total. The number of aromatic nitrogens is 3. The lowest BCUT2D eigenvalue weighted by Crippen LogP contribution is -2.28. The number of aliphatic imine (C=N–C) groups is 1. The zero-order chi connectivity index (χ0) is 30.3. The van der Waals surface area contributed by atoms with E-state index in [2.05, 4.69) is 45.5 Å². The predicted octanol–water partition coefficient (Wildman–Crippen LogP) is 5.88. The van der Waals surface area contributed by atoms with Crippen LogP contribution in [0.3, 0.4) is 0 Å². The Hall–Kier alpha value is -3.25. The number of benzene rings is 1. The fourth-order valence-electron chi connectivity index (χ4n) is 5.10. The molecule has 1 saturated carbocycles. The molecule has 0 radical (unpaired) electrons. The Morgan fingerprint density at radius 1 is 1.31 bits per heavy atom. The Labute approximate surface area is 253 Å². The van der Waals surface area contributed by atoms with Gasteiger partial charge in [0.1, 0.15) is 17.4 Å². The van der Waals surface area contributed by atoms with E-state index in [1.165, 1.54) is 0 Å². The summed E-state index contributed by atoms with van der Waals surface area (Å²) in [6.45, 7) is 10.1. The van der Waals surface area contributed by atoms with Crippen LogP contribution in [-0.2, 0) is 9.59 Å². The average Bonchev–Trinajstić information content (AvgIpc) is 3.46. The van der Waals surface area contributed by atoms with Crippen LogP contribution in [0.4, 0.5) is 15.9 Å². The van der Waals surface area contributed by atoms with E-state index < -0.39 is 11.8 Å². The molecule has 2 amide bonds. The summed E-state index contributed by atoms with van der Waals surface area (Å²) < 4.78 is 16.2. The van der Waals surface area contributed by atoms with Gasteiger partial charge in [0.15, 0.2) is 0 Å². The van der Waals surface area contributed by atoms with E-state index in [1.54, 1.807) is 60.2 Å². The first-order valence-electron chi connectivity index (χ1n) is 13.5. The lowest BCUT2D eigenvalue weighted by molar-refractivity contribution is -0.118. The lowest BCUT2D eigenvalue weighted by Gasteiger charge is -2.18. The van der Waals surface area contributed by atoms with Crippen LogP contribution in [0.15, 0.2) is 66.1 Å². The van der Waals surface area contributed by atoms with Crippen molar-refractivity contribution in [2.45, 2.75) is 39.1 Å². The quantitative estimate of drug-likeness (QED) is 0.238. The highest BCUT2D eigenvalue weighted by molar-refractivity contribution is 7.28. The number of alkyl halides is 1. The van der Waals surface area contributed by atoms with E-state index in [-0.39, 0.29) is 23.6 Å². The third kappa shape index (κ3) is 5.96. The Balaban J connectivity index is 1.32. The Bertz CT molecular complexity index is 1630. The van der Waals surface area contributed by atoms with Crippen LogP contribution in [-0.4, -0.2) is 38.8 Å². The van der Waals surface area contributed by atoms with E-state index in [0.29, 0.717) is 50.1 Å². The molecule has 12 heteroatoms. The van der Waals surface area contributed by atoms with Crippen molar-refractivity contribution in [3.05, 3.63) is 82.8 Å². The molecule has 1 N–H and O–H groups in total. The average molecular weight is 625 g/mol. The van der Waals surface area contributed by atoms with Gasteiger partial charge in [0.25, 0.3) is 5.91 Å². The number of halogens is 2. The molecule has 3 aromatic rings. The Morgan fingerprint density at radius 2 is 2.07 bits per heavy atom. The molecule has 1 aromatic carbocycles. The first kappa shape index (κ1) is 30.2. The van der Waals surface area contributed by atoms with Gasteiger partial charge in [-0.25, -0.2) is 14.4 Å². The summed E-state index contributed by atoms with van der Waals surface area (Å²) in [6, 6.07) is 6.86. The molecule has 3 heterocycles. The molecule has 1 saturated heterocycles. The number of nitrogens with one attached hydrogen (secondary N) is 1. The third-order valence-electron chi connectivity index (χ3n) is 7.61. The second kappa shape index (κ2) is 12.2. The van der Waals surface area contributed by atoms with Crippen molar-refractivity contribution in [2.75, 3.05) is 16.8 Å². The fraction of sp³-hybridized carbons (Fsp3) is 0.300. The normalized spacial score (nSPS) is 19.9. The molecule has 1 aliphatic heterocycles. The van der Waals surface area contributed by atoms with E-state index in [0.717, 1.165) is 18.5 Å². The summed E-state index contributed by atoms with van der Waals surface area (Å²) in [6.07, 6.45) is 7.72. The maximum absolute atomic E-state index is 14.5.